The summed E-state index contributed by atoms with van der Waals surface area (Å²) in [5, 5.41) is 3.42. The molecule has 0 aliphatic heterocycles. The highest BCUT2D eigenvalue weighted by Gasteiger charge is 2.26. The fourth-order valence-electron chi connectivity index (χ4n) is 3.88. The Morgan fingerprint density at radius 1 is 1.03 bits per heavy atom. The standard InChI is InChI=1S/C29H29ClN4O3S/c1-5-16-33(38(36,37)26-14-6-20(2)7-15-26)19-28(35)32-29-31-27(23-9-11-24(30)12-10-23)18-34(29)25-13-8-21(3)22(4)17-25/h5-15,17-18H,1,16,19H2,2-4H3,(H,31,32,35). The van der Waals surface area contributed by atoms with Gasteiger partial charge in [0.2, 0.25) is 21.9 Å². The predicted octanol–water partition coefficient (Wildman–Crippen LogP) is 5.93. The lowest BCUT2D eigenvalue weighted by atomic mass is 10.1. The van der Waals surface area contributed by atoms with Gasteiger partial charge in [-0.05, 0) is 68.3 Å². The first-order valence-corrected chi connectivity index (χ1v) is 13.8. The van der Waals surface area contributed by atoms with Gasteiger partial charge in [0, 0.05) is 29.0 Å². The Balaban J connectivity index is 1.66. The molecule has 0 aliphatic rings. The van der Waals surface area contributed by atoms with E-state index in [9.17, 15) is 13.2 Å². The van der Waals surface area contributed by atoms with Crippen molar-refractivity contribution in [3.05, 3.63) is 107 Å². The molecule has 196 valence electrons. The summed E-state index contributed by atoms with van der Waals surface area (Å²) < 4.78 is 29.4. The lowest BCUT2D eigenvalue weighted by Gasteiger charge is -2.20. The minimum absolute atomic E-state index is 0.0226. The van der Waals surface area contributed by atoms with Gasteiger partial charge in [-0.2, -0.15) is 4.31 Å². The number of nitrogens with one attached hydrogen (secondary N) is 1. The van der Waals surface area contributed by atoms with Gasteiger partial charge in [-0.25, -0.2) is 13.4 Å². The highest BCUT2D eigenvalue weighted by atomic mass is 35.5. The van der Waals surface area contributed by atoms with Crippen LogP contribution in [0, 0.1) is 20.8 Å². The second kappa shape index (κ2) is 11.3. The van der Waals surface area contributed by atoms with Gasteiger partial charge in [-0.1, -0.05) is 53.6 Å². The maximum atomic E-state index is 13.3. The van der Waals surface area contributed by atoms with Crippen molar-refractivity contribution < 1.29 is 13.2 Å². The van der Waals surface area contributed by atoms with Crippen LogP contribution in [0.2, 0.25) is 5.02 Å². The van der Waals surface area contributed by atoms with Crippen molar-refractivity contribution >= 4 is 33.5 Å². The molecule has 0 saturated carbocycles. The molecule has 0 spiro atoms. The molecule has 1 heterocycles. The van der Waals surface area contributed by atoms with E-state index < -0.39 is 22.5 Å². The van der Waals surface area contributed by atoms with E-state index >= 15 is 0 Å². The zero-order valence-electron chi connectivity index (χ0n) is 21.5. The SMILES string of the molecule is C=CCN(CC(=O)Nc1nc(-c2ccc(Cl)cc2)cn1-c1ccc(C)c(C)c1)S(=O)(=O)c1ccc(C)cc1. The second-order valence-electron chi connectivity index (χ2n) is 9.04. The van der Waals surface area contributed by atoms with E-state index in [0.717, 1.165) is 32.2 Å². The van der Waals surface area contributed by atoms with Crippen molar-refractivity contribution in [1.82, 2.24) is 13.9 Å². The van der Waals surface area contributed by atoms with Gasteiger partial charge in [-0.3, -0.25) is 14.7 Å². The Morgan fingerprint density at radius 2 is 1.71 bits per heavy atom. The van der Waals surface area contributed by atoms with Crippen LogP contribution in [-0.2, 0) is 14.8 Å². The number of anilines is 1. The highest BCUT2D eigenvalue weighted by Crippen LogP contribution is 2.27. The van der Waals surface area contributed by atoms with Crippen LogP contribution in [0.15, 0.2) is 90.5 Å². The molecule has 38 heavy (non-hydrogen) atoms. The predicted molar refractivity (Wildman–Crippen MR) is 152 cm³/mol. The number of benzene rings is 3. The third-order valence-electron chi connectivity index (χ3n) is 6.18. The molecular formula is C29H29ClN4O3S. The fraction of sp³-hybridized carbons (Fsp3) is 0.172. The Labute approximate surface area is 228 Å². The first-order valence-electron chi connectivity index (χ1n) is 12.0. The van der Waals surface area contributed by atoms with E-state index in [1.165, 1.54) is 18.2 Å². The number of carbonyl (C=O) groups excluding carboxylic acids is 1. The molecule has 4 rings (SSSR count). The highest BCUT2D eigenvalue weighted by molar-refractivity contribution is 7.89. The summed E-state index contributed by atoms with van der Waals surface area (Å²) in [6.45, 7) is 9.15. The third kappa shape index (κ3) is 6.05. The number of hydrogen-bond acceptors (Lipinski definition) is 4. The van der Waals surface area contributed by atoms with Gasteiger partial charge < -0.3 is 0 Å². The number of hydrogen-bond donors (Lipinski definition) is 1. The van der Waals surface area contributed by atoms with Crippen molar-refractivity contribution in [2.24, 2.45) is 0 Å². The molecule has 0 saturated heterocycles. The molecule has 0 atom stereocenters. The molecule has 1 amide bonds. The molecular weight excluding hydrogens is 520 g/mol. The number of halogens is 1. The second-order valence-corrected chi connectivity index (χ2v) is 11.4. The number of rotatable bonds is 9. The Bertz CT molecular complexity index is 1580. The molecule has 0 radical (unpaired) electrons. The average molecular weight is 549 g/mol. The number of amides is 1. The van der Waals surface area contributed by atoms with Gasteiger partial charge in [-0.15, -0.1) is 6.58 Å². The summed E-state index contributed by atoms with van der Waals surface area (Å²) in [7, 11) is -3.92. The first-order chi connectivity index (χ1) is 18.1. The number of aryl methyl sites for hydroxylation is 3. The van der Waals surface area contributed by atoms with Gasteiger partial charge in [0.1, 0.15) is 0 Å². The number of nitrogens with zero attached hydrogens (tertiary/aromatic N) is 3. The zero-order valence-corrected chi connectivity index (χ0v) is 23.1. The summed E-state index contributed by atoms with van der Waals surface area (Å²) in [6, 6.07) is 19.7. The average Bonchev–Trinajstić information content (AvgIpc) is 3.29. The van der Waals surface area contributed by atoms with Crippen molar-refractivity contribution in [1.29, 1.82) is 0 Å². The molecule has 1 aromatic heterocycles. The minimum atomic E-state index is -3.92. The van der Waals surface area contributed by atoms with Crippen LogP contribution in [0.4, 0.5) is 5.95 Å². The molecule has 3 aromatic carbocycles. The molecule has 0 fully saturated rings. The minimum Gasteiger partial charge on any atom is -0.294 e. The van der Waals surface area contributed by atoms with Crippen LogP contribution in [0.25, 0.3) is 16.9 Å². The Hall–Kier alpha value is -3.72. The lowest BCUT2D eigenvalue weighted by Crippen LogP contribution is -2.38. The third-order valence-corrected chi connectivity index (χ3v) is 8.26. The number of aromatic nitrogens is 2. The van der Waals surface area contributed by atoms with Crippen LogP contribution in [0.3, 0.4) is 0 Å². The van der Waals surface area contributed by atoms with Crippen molar-refractivity contribution in [2.75, 3.05) is 18.4 Å². The fourth-order valence-corrected chi connectivity index (χ4v) is 5.37. The topological polar surface area (TPSA) is 84.3 Å². The number of imidazole rings is 1. The van der Waals surface area contributed by atoms with E-state index in [2.05, 4.69) is 16.9 Å². The summed E-state index contributed by atoms with van der Waals surface area (Å²) in [5.41, 5.74) is 5.42. The summed E-state index contributed by atoms with van der Waals surface area (Å²) in [6.07, 6.45) is 3.28. The van der Waals surface area contributed by atoms with Crippen LogP contribution < -0.4 is 5.32 Å². The molecule has 4 aromatic rings. The van der Waals surface area contributed by atoms with E-state index in [0.29, 0.717) is 10.7 Å². The number of carbonyl (C=O) groups is 1. The lowest BCUT2D eigenvalue weighted by molar-refractivity contribution is -0.116. The number of sulfonamides is 1. The maximum Gasteiger partial charge on any atom is 0.243 e. The maximum absolute atomic E-state index is 13.3. The first kappa shape index (κ1) is 27.3. The summed E-state index contributed by atoms with van der Waals surface area (Å²) in [5.74, 6) is -0.254. The summed E-state index contributed by atoms with van der Waals surface area (Å²) >= 11 is 6.05. The molecule has 7 nitrogen and oxygen atoms in total. The van der Waals surface area contributed by atoms with Crippen molar-refractivity contribution in [3.8, 4) is 16.9 Å². The van der Waals surface area contributed by atoms with Crippen molar-refractivity contribution in [2.45, 2.75) is 25.7 Å². The normalized spacial score (nSPS) is 11.5. The Morgan fingerprint density at radius 3 is 2.34 bits per heavy atom. The monoisotopic (exact) mass is 548 g/mol. The van der Waals surface area contributed by atoms with Gasteiger partial charge in [0.05, 0.1) is 17.1 Å². The van der Waals surface area contributed by atoms with Gasteiger partial charge in [0.15, 0.2) is 0 Å². The smallest absolute Gasteiger partial charge is 0.243 e. The van der Waals surface area contributed by atoms with E-state index in [4.69, 9.17) is 11.6 Å². The van der Waals surface area contributed by atoms with Crippen LogP contribution in [0.1, 0.15) is 16.7 Å². The molecule has 0 bridgehead atoms. The molecule has 1 N–H and O–H groups in total. The van der Waals surface area contributed by atoms with Gasteiger partial charge >= 0.3 is 0 Å². The van der Waals surface area contributed by atoms with Gasteiger partial charge in [0.25, 0.3) is 0 Å². The van der Waals surface area contributed by atoms with Crippen molar-refractivity contribution in [3.63, 3.8) is 0 Å². The van der Waals surface area contributed by atoms with Crippen LogP contribution in [-0.4, -0.2) is 41.3 Å². The largest absolute Gasteiger partial charge is 0.294 e. The Kier molecular flexibility index (Phi) is 8.16. The summed E-state index contributed by atoms with van der Waals surface area (Å²) in [4.78, 5) is 18.0. The zero-order chi connectivity index (χ0) is 27.4. The van der Waals surface area contributed by atoms with E-state index in [-0.39, 0.29) is 17.4 Å². The molecule has 0 aliphatic carbocycles. The molecule has 0 unspecified atom stereocenters. The van der Waals surface area contributed by atoms with Crippen LogP contribution in [0.5, 0.6) is 0 Å². The van der Waals surface area contributed by atoms with Crippen LogP contribution >= 0.6 is 11.6 Å². The van der Waals surface area contributed by atoms with E-state index in [1.54, 1.807) is 28.8 Å². The molecule has 9 heteroatoms. The van der Waals surface area contributed by atoms with E-state index in [1.807, 2.05) is 57.3 Å². The quantitative estimate of drug-likeness (QED) is 0.263.